The molecule has 3 nitrogen and oxygen atoms in total. The van der Waals surface area contributed by atoms with E-state index in [4.69, 9.17) is 10.8 Å². The van der Waals surface area contributed by atoms with Gasteiger partial charge in [0.15, 0.2) is 0 Å². The van der Waals surface area contributed by atoms with Crippen LogP contribution in [0.4, 0.5) is 13.2 Å². The summed E-state index contributed by atoms with van der Waals surface area (Å²) in [6.45, 7) is 0. The Kier molecular flexibility index (Phi) is 4.34. The summed E-state index contributed by atoms with van der Waals surface area (Å²) in [5, 5.41) is 8.77. The van der Waals surface area contributed by atoms with Gasteiger partial charge in [0.25, 0.3) is 0 Å². The van der Waals surface area contributed by atoms with Crippen LogP contribution in [0.5, 0.6) is 0 Å². The highest BCUT2D eigenvalue weighted by Gasteiger charge is 2.27. The van der Waals surface area contributed by atoms with Gasteiger partial charge in [0.05, 0.1) is 5.92 Å². The van der Waals surface area contributed by atoms with E-state index < -0.39 is 24.1 Å². The maximum atomic E-state index is 12.0. The van der Waals surface area contributed by atoms with Gasteiger partial charge >= 0.3 is 12.1 Å². The molecule has 6 heteroatoms. The standard InChI is InChI=1S/C12H10F3NO2/c13-12(14,15)7-6-9(10(16)11(17)18)8-4-2-1-3-5-8/h1-5,9-10H,16H2,(H,17,18)/t9-,10+/m1/s1. The minimum atomic E-state index is -4.68. The number of benzene rings is 1. The van der Waals surface area contributed by atoms with E-state index in [2.05, 4.69) is 0 Å². The van der Waals surface area contributed by atoms with Crippen LogP contribution < -0.4 is 5.73 Å². The van der Waals surface area contributed by atoms with Gasteiger partial charge in [-0.25, -0.2) is 0 Å². The lowest BCUT2D eigenvalue weighted by Gasteiger charge is -2.15. The van der Waals surface area contributed by atoms with Crippen molar-refractivity contribution in [1.29, 1.82) is 0 Å². The van der Waals surface area contributed by atoms with Crippen molar-refractivity contribution in [2.45, 2.75) is 18.1 Å². The zero-order valence-corrected chi connectivity index (χ0v) is 9.11. The van der Waals surface area contributed by atoms with Gasteiger partial charge in [0.1, 0.15) is 6.04 Å². The molecule has 0 aliphatic heterocycles. The van der Waals surface area contributed by atoms with E-state index >= 15 is 0 Å². The fraction of sp³-hybridized carbons (Fsp3) is 0.250. The molecule has 0 aromatic heterocycles. The van der Waals surface area contributed by atoms with E-state index in [-0.39, 0.29) is 0 Å². The first-order chi connectivity index (χ1) is 8.31. The van der Waals surface area contributed by atoms with Crippen LogP contribution in [-0.2, 0) is 4.79 Å². The second-order valence-corrected chi connectivity index (χ2v) is 3.52. The minimum Gasteiger partial charge on any atom is -0.480 e. The first-order valence-corrected chi connectivity index (χ1v) is 4.94. The summed E-state index contributed by atoms with van der Waals surface area (Å²) in [6.07, 6.45) is -4.68. The summed E-state index contributed by atoms with van der Waals surface area (Å²) < 4.78 is 36.1. The molecule has 2 atom stereocenters. The lowest BCUT2D eigenvalue weighted by atomic mass is 9.92. The normalized spacial score (nSPS) is 14.2. The number of aliphatic carboxylic acids is 1. The second kappa shape index (κ2) is 5.56. The van der Waals surface area contributed by atoms with Crippen LogP contribution in [0, 0.1) is 11.8 Å². The Morgan fingerprint density at radius 3 is 2.28 bits per heavy atom. The van der Waals surface area contributed by atoms with Crippen molar-refractivity contribution >= 4 is 5.97 Å². The highest BCUT2D eigenvalue weighted by Crippen LogP contribution is 2.20. The number of hydrogen-bond acceptors (Lipinski definition) is 2. The lowest BCUT2D eigenvalue weighted by molar-refractivity contribution is -0.138. The van der Waals surface area contributed by atoms with Crippen LogP contribution in [0.1, 0.15) is 11.5 Å². The molecule has 0 unspecified atom stereocenters. The van der Waals surface area contributed by atoms with E-state index in [1.54, 1.807) is 18.2 Å². The van der Waals surface area contributed by atoms with Crippen molar-refractivity contribution in [2.75, 3.05) is 0 Å². The van der Waals surface area contributed by atoms with Crippen molar-refractivity contribution < 1.29 is 23.1 Å². The van der Waals surface area contributed by atoms with E-state index in [1.165, 1.54) is 12.1 Å². The number of carboxylic acids is 1. The van der Waals surface area contributed by atoms with Gasteiger partial charge in [0.2, 0.25) is 0 Å². The predicted molar refractivity (Wildman–Crippen MR) is 58.6 cm³/mol. The Morgan fingerprint density at radius 1 is 1.28 bits per heavy atom. The zero-order chi connectivity index (χ0) is 13.8. The molecule has 1 rings (SSSR count). The Morgan fingerprint density at radius 2 is 1.83 bits per heavy atom. The summed E-state index contributed by atoms with van der Waals surface area (Å²) >= 11 is 0. The average molecular weight is 257 g/mol. The predicted octanol–water partition coefficient (Wildman–Crippen LogP) is 1.75. The van der Waals surface area contributed by atoms with Crippen LogP contribution in [0.3, 0.4) is 0 Å². The van der Waals surface area contributed by atoms with Crippen molar-refractivity contribution in [3.63, 3.8) is 0 Å². The Bertz CT molecular complexity index is 474. The third-order valence-electron chi connectivity index (χ3n) is 2.17. The molecule has 0 spiro atoms. The number of carboxylic acid groups (broad SMARTS) is 1. The molecular weight excluding hydrogens is 247 g/mol. The monoisotopic (exact) mass is 257 g/mol. The first kappa shape index (κ1) is 14.1. The Balaban J connectivity index is 3.11. The summed E-state index contributed by atoms with van der Waals surface area (Å²) in [5.74, 6) is 0.333. The van der Waals surface area contributed by atoms with Gasteiger partial charge in [0, 0.05) is 5.92 Å². The van der Waals surface area contributed by atoms with Crippen molar-refractivity contribution in [3.8, 4) is 11.8 Å². The van der Waals surface area contributed by atoms with Crippen LogP contribution in [-0.4, -0.2) is 23.3 Å². The third kappa shape index (κ3) is 4.11. The molecule has 0 amide bonds. The van der Waals surface area contributed by atoms with Crippen molar-refractivity contribution in [2.24, 2.45) is 5.73 Å². The molecule has 0 saturated heterocycles. The number of alkyl halides is 3. The quantitative estimate of drug-likeness (QED) is 0.811. The molecule has 0 aliphatic rings. The van der Waals surface area contributed by atoms with Crippen LogP contribution in [0.15, 0.2) is 30.3 Å². The largest absolute Gasteiger partial charge is 0.480 e. The fourth-order valence-electron chi connectivity index (χ4n) is 1.34. The molecule has 0 heterocycles. The smallest absolute Gasteiger partial charge is 0.457 e. The summed E-state index contributed by atoms with van der Waals surface area (Å²) in [6, 6.07) is 6.27. The number of rotatable bonds is 3. The van der Waals surface area contributed by atoms with E-state index in [0.29, 0.717) is 5.56 Å². The number of halogens is 3. The molecule has 3 N–H and O–H groups in total. The molecule has 1 aromatic carbocycles. The maximum Gasteiger partial charge on any atom is 0.457 e. The minimum absolute atomic E-state index is 0.337. The van der Waals surface area contributed by atoms with Gasteiger partial charge < -0.3 is 10.8 Å². The molecule has 0 radical (unpaired) electrons. The van der Waals surface area contributed by atoms with E-state index in [9.17, 15) is 18.0 Å². The SMILES string of the molecule is N[C@H](C(=O)O)[C@H](C#CC(F)(F)F)c1ccccc1. The zero-order valence-electron chi connectivity index (χ0n) is 9.11. The Hall–Kier alpha value is -2.00. The summed E-state index contributed by atoms with van der Waals surface area (Å²) in [5.41, 5.74) is 5.69. The molecule has 0 saturated carbocycles. The molecule has 0 fully saturated rings. The van der Waals surface area contributed by atoms with Crippen molar-refractivity contribution in [1.82, 2.24) is 0 Å². The van der Waals surface area contributed by atoms with Gasteiger partial charge in [-0.3, -0.25) is 4.79 Å². The van der Waals surface area contributed by atoms with Crippen LogP contribution in [0.25, 0.3) is 0 Å². The molecular formula is C12H10F3NO2. The topological polar surface area (TPSA) is 63.3 Å². The third-order valence-corrected chi connectivity index (χ3v) is 2.17. The number of nitrogens with two attached hydrogens (primary N) is 1. The van der Waals surface area contributed by atoms with Crippen LogP contribution in [0.2, 0.25) is 0 Å². The summed E-state index contributed by atoms with van der Waals surface area (Å²) in [4.78, 5) is 10.8. The molecule has 1 aromatic rings. The second-order valence-electron chi connectivity index (χ2n) is 3.52. The lowest BCUT2D eigenvalue weighted by Crippen LogP contribution is -2.36. The number of hydrogen-bond donors (Lipinski definition) is 2. The maximum absolute atomic E-state index is 12.0. The average Bonchev–Trinajstić information content (AvgIpc) is 2.28. The molecule has 18 heavy (non-hydrogen) atoms. The molecule has 0 aliphatic carbocycles. The van der Waals surface area contributed by atoms with Gasteiger partial charge in [-0.2, -0.15) is 13.2 Å². The highest BCUT2D eigenvalue weighted by atomic mass is 19.4. The summed E-state index contributed by atoms with van der Waals surface area (Å²) in [7, 11) is 0. The van der Waals surface area contributed by atoms with E-state index in [1.807, 2.05) is 5.92 Å². The Labute approximate surface area is 101 Å². The van der Waals surface area contributed by atoms with Gasteiger partial charge in [-0.15, -0.1) is 0 Å². The first-order valence-electron chi connectivity index (χ1n) is 4.94. The van der Waals surface area contributed by atoms with Gasteiger partial charge in [-0.05, 0) is 5.56 Å². The van der Waals surface area contributed by atoms with Gasteiger partial charge in [-0.1, -0.05) is 36.3 Å². The molecule has 96 valence electrons. The van der Waals surface area contributed by atoms with Crippen LogP contribution >= 0.6 is 0 Å². The fourth-order valence-corrected chi connectivity index (χ4v) is 1.34. The number of carbonyl (C=O) groups is 1. The van der Waals surface area contributed by atoms with E-state index in [0.717, 1.165) is 5.92 Å². The molecule has 0 bridgehead atoms. The van der Waals surface area contributed by atoms with Crippen molar-refractivity contribution in [3.05, 3.63) is 35.9 Å². The highest BCUT2D eigenvalue weighted by molar-refractivity contribution is 5.75.